The van der Waals surface area contributed by atoms with Crippen LogP contribution in [0.4, 0.5) is 0 Å². The summed E-state index contributed by atoms with van der Waals surface area (Å²) in [6.45, 7) is 3.53. The van der Waals surface area contributed by atoms with Crippen molar-refractivity contribution < 1.29 is 5.11 Å². The van der Waals surface area contributed by atoms with E-state index in [0.29, 0.717) is 6.61 Å². The molecule has 0 aromatic heterocycles. The zero-order valence-electron chi connectivity index (χ0n) is 7.64. The van der Waals surface area contributed by atoms with E-state index < -0.39 is 0 Å². The van der Waals surface area contributed by atoms with E-state index in [2.05, 4.69) is 17.3 Å². The first-order chi connectivity index (χ1) is 5.31. The number of hydrogen-bond acceptors (Lipinski definition) is 3. The van der Waals surface area contributed by atoms with Crippen LogP contribution < -0.4 is 5.32 Å². The van der Waals surface area contributed by atoms with Gasteiger partial charge in [0.1, 0.15) is 0 Å². The van der Waals surface area contributed by atoms with Crippen LogP contribution in [0.2, 0.25) is 0 Å². The molecule has 0 heterocycles. The monoisotopic (exact) mass is 160 g/mol. The van der Waals surface area contributed by atoms with E-state index in [0.717, 1.165) is 32.5 Å². The van der Waals surface area contributed by atoms with Crippen molar-refractivity contribution in [1.82, 2.24) is 10.2 Å². The van der Waals surface area contributed by atoms with Crippen molar-refractivity contribution in [2.24, 2.45) is 0 Å². The lowest BCUT2D eigenvalue weighted by molar-refractivity contribution is 0.264. The summed E-state index contributed by atoms with van der Waals surface area (Å²) in [7, 11) is 4.07. The average Bonchev–Trinajstić information content (AvgIpc) is 2.01. The van der Waals surface area contributed by atoms with Crippen LogP contribution in [0.15, 0.2) is 0 Å². The maximum Gasteiger partial charge on any atom is 0.0431 e. The van der Waals surface area contributed by atoms with E-state index in [1.54, 1.807) is 0 Å². The minimum atomic E-state index is 0.319. The minimum Gasteiger partial charge on any atom is -0.396 e. The molecule has 0 unspecified atom stereocenters. The van der Waals surface area contributed by atoms with Crippen LogP contribution in [0, 0.1) is 0 Å². The Hall–Kier alpha value is -0.120. The number of unbranched alkanes of at least 4 members (excludes halogenated alkanes) is 1. The van der Waals surface area contributed by atoms with Gasteiger partial charge in [-0.2, -0.15) is 0 Å². The molecular weight excluding hydrogens is 140 g/mol. The summed E-state index contributed by atoms with van der Waals surface area (Å²) in [5, 5.41) is 11.6. The molecule has 11 heavy (non-hydrogen) atoms. The van der Waals surface area contributed by atoms with E-state index in [-0.39, 0.29) is 0 Å². The molecule has 2 N–H and O–H groups in total. The topological polar surface area (TPSA) is 35.5 Å². The second-order valence-corrected chi connectivity index (χ2v) is 2.84. The van der Waals surface area contributed by atoms with E-state index in [4.69, 9.17) is 5.11 Å². The van der Waals surface area contributed by atoms with Gasteiger partial charge in [-0.25, -0.2) is 0 Å². The molecule has 68 valence electrons. The van der Waals surface area contributed by atoms with Crippen molar-refractivity contribution in [1.29, 1.82) is 0 Å². The van der Waals surface area contributed by atoms with Gasteiger partial charge in [-0.05, 0) is 33.5 Å². The molecule has 0 aliphatic rings. The molecule has 3 heteroatoms. The van der Waals surface area contributed by atoms with Gasteiger partial charge in [0, 0.05) is 19.7 Å². The number of nitrogens with zero attached hydrogens (tertiary/aromatic N) is 1. The van der Waals surface area contributed by atoms with Gasteiger partial charge in [-0.15, -0.1) is 0 Å². The molecule has 0 fully saturated rings. The Kier molecular flexibility index (Phi) is 7.89. The van der Waals surface area contributed by atoms with E-state index >= 15 is 0 Å². The third-order valence-electron chi connectivity index (χ3n) is 1.69. The number of aliphatic hydroxyl groups excluding tert-OH is 1. The lowest BCUT2D eigenvalue weighted by atomic mass is 10.3. The van der Waals surface area contributed by atoms with E-state index in [1.807, 2.05) is 7.05 Å². The first-order valence-electron chi connectivity index (χ1n) is 4.25. The zero-order chi connectivity index (χ0) is 8.53. The summed E-state index contributed by atoms with van der Waals surface area (Å²) < 4.78 is 0. The molecule has 0 aliphatic heterocycles. The molecular formula is C8H20N2O. The Labute approximate surface area is 69.4 Å². The van der Waals surface area contributed by atoms with Crippen molar-refractivity contribution in [2.75, 3.05) is 40.3 Å². The van der Waals surface area contributed by atoms with Crippen LogP contribution in [-0.4, -0.2) is 50.3 Å². The molecule has 0 aromatic rings. The Balaban J connectivity index is 3.02. The smallest absolute Gasteiger partial charge is 0.0431 e. The van der Waals surface area contributed by atoms with Crippen molar-refractivity contribution in [2.45, 2.75) is 12.8 Å². The van der Waals surface area contributed by atoms with E-state index in [1.165, 1.54) is 0 Å². The standard InChI is InChI=1S/C8H20N2O/c1-9-5-7-10(2)6-3-4-8-11/h9,11H,3-8H2,1-2H3. The molecule has 0 amide bonds. The van der Waals surface area contributed by atoms with Gasteiger partial charge in [0.15, 0.2) is 0 Å². The van der Waals surface area contributed by atoms with Crippen molar-refractivity contribution in [3.05, 3.63) is 0 Å². The van der Waals surface area contributed by atoms with Crippen molar-refractivity contribution in [3.63, 3.8) is 0 Å². The summed E-state index contributed by atoms with van der Waals surface area (Å²) in [5.41, 5.74) is 0. The lowest BCUT2D eigenvalue weighted by Gasteiger charge is -2.15. The highest BCUT2D eigenvalue weighted by molar-refractivity contribution is 4.52. The maximum atomic E-state index is 8.52. The fraction of sp³-hybridized carbons (Fsp3) is 1.00. The molecule has 0 atom stereocenters. The molecule has 0 aliphatic carbocycles. The van der Waals surface area contributed by atoms with Crippen LogP contribution in [0.3, 0.4) is 0 Å². The summed E-state index contributed by atoms with van der Waals surface area (Å²) in [4.78, 5) is 2.27. The quantitative estimate of drug-likeness (QED) is 0.511. The van der Waals surface area contributed by atoms with Crippen LogP contribution in [-0.2, 0) is 0 Å². The second kappa shape index (κ2) is 7.98. The van der Waals surface area contributed by atoms with Gasteiger partial charge in [0.05, 0.1) is 0 Å². The van der Waals surface area contributed by atoms with Crippen LogP contribution in [0.25, 0.3) is 0 Å². The Morgan fingerprint density at radius 3 is 2.55 bits per heavy atom. The van der Waals surface area contributed by atoms with Gasteiger partial charge in [0.2, 0.25) is 0 Å². The number of aliphatic hydroxyl groups is 1. The molecule has 0 spiro atoms. The fourth-order valence-electron chi connectivity index (χ4n) is 0.908. The van der Waals surface area contributed by atoms with Crippen molar-refractivity contribution >= 4 is 0 Å². The average molecular weight is 160 g/mol. The molecule has 0 aromatic carbocycles. The minimum absolute atomic E-state index is 0.319. The normalized spacial score (nSPS) is 10.9. The Morgan fingerprint density at radius 1 is 1.27 bits per heavy atom. The van der Waals surface area contributed by atoms with Crippen molar-refractivity contribution in [3.8, 4) is 0 Å². The Bertz CT molecular complexity index is 78.5. The summed E-state index contributed by atoms with van der Waals surface area (Å²) in [5.74, 6) is 0. The highest BCUT2D eigenvalue weighted by Gasteiger charge is 1.95. The summed E-state index contributed by atoms with van der Waals surface area (Å²) in [6.07, 6.45) is 2.01. The summed E-state index contributed by atoms with van der Waals surface area (Å²) in [6, 6.07) is 0. The van der Waals surface area contributed by atoms with Gasteiger partial charge in [0.25, 0.3) is 0 Å². The molecule has 0 rings (SSSR count). The number of nitrogens with one attached hydrogen (secondary N) is 1. The highest BCUT2D eigenvalue weighted by atomic mass is 16.2. The second-order valence-electron chi connectivity index (χ2n) is 2.84. The zero-order valence-corrected chi connectivity index (χ0v) is 7.64. The number of likely N-dealkylation sites (N-methyl/N-ethyl adjacent to an activating group) is 2. The molecule has 0 radical (unpaired) electrons. The third-order valence-corrected chi connectivity index (χ3v) is 1.69. The molecule has 0 bridgehead atoms. The maximum absolute atomic E-state index is 8.52. The largest absolute Gasteiger partial charge is 0.396 e. The molecule has 0 saturated heterocycles. The van der Waals surface area contributed by atoms with Crippen LogP contribution in [0.5, 0.6) is 0 Å². The SMILES string of the molecule is CNCCN(C)CCCCO. The number of hydrogen-bond donors (Lipinski definition) is 2. The Morgan fingerprint density at radius 2 is 2.00 bits per heavy atom. The molecule has 0 saturated carbocycles. The van der Waals surface area contributed by atoms with Gasteiger partial charge in [-0.1, -0.05) is 0 Å². The lowest BCUT2D eigenvalue weighted by Crippen LogP contribution is -2.28. The number of rotatable bonds is 7. The van der Waals surface area contributed by atoms with Crippen LogP contribution in [0.1, 0.15) is 12.8 Å². The van der Waals surface area contributed by atoms with Crippen LogP contribution >= 0.6 is 0 Å². The predicted octanol–water partition coefficient (Wildman–Crippen LogP) is -0.0899. The van der Waals surface area contributed by atoms with Gasteiger partial charge in [-0.3, -0.25) is 0 Å². The third kappa shape index (κ3) is 7.78. The first kappa shape index (κ1) is 10.9. The fourth-order valence-corrected chi connectivity index (χ4v) is 0.908. The summed E-state index contributed by atoms with van der Waals surface area (Å²) >= 11 is 0. The predicted molar refractivity (Wildman–Crippen MR) is 47.7 cm³/mol. The van der Waals surface area contributed by atoms with E-state index in [9.17, 15) is 0 Å². The highest BCUT2D eigenvalue weighted by Crippen LogP contribution is 1.90. The van der Waals surface area contributed by atoms with Gasteiger partial charge >= 0.3 is 0 Å². The first-order valence-corrected chi connectivity index (χ1v) is 4.25. The molecule has 3 nitrogen and oxygen atoms in total. The van der Waals surface area contributed by atoms with Gasteiger partial charge < -0.3 is 15.3 Å².